The van der Waals surface area contributed by atoms with Gasteiger partial charge in [-0.15, -0.1) is 0 Å². The molecular weight excluding hydrogens is 867 g/mol. The Morgan fingerprint density at radius 1 is 0.574 bits per heavy atom. The molecule has 2 aromatic carbocycles. The van der Waals surface area contributed by atoms with Gasteiger partial charge in [-0.25, -0.2) is 18.7 Å². The molecule has 68 heavy (non-hydrogen) atoms. The number of amides is 2. The molecule has 6 aromatic heterocycles. The SMILES string of the molecule is Cc1c(N)cncc1-c1cc2cc(NC(=O)[C@@H]3[C@@H](c4cnn(C)c4)C3(C)C)ncc2c(N)c1F.Cc1c(N)cncc1-c1cc2cc(NC(=O)[C@H]3[C@H](c4cnn(C)c4)C3(C)C)ncc2c(N)c1F. The standard InChI is InChI=1S/2C25H26FN7O/c2*1-12-16(8-29-10-18(12)27)15-5-13-6-19(30-9-17(13)23(28)22(15)26)32-24(34)21-20(25(21,2)3)14-7-31-33(4)11-14/h2*5-11,20-21H,27-28H2,1-4H3,(H,30,32,34)/t2*20-,21+/m10/s1. The van der Waals surface area contributed by atoms with Crippen LogP contribution in [0, 0.1) is 48.1 Å². The number of fused-ring (bicyclic) bond motifs is 2. The molecule has 2 amide bonds. The van der Waals surface area contributed by atoms with E-state index >= 15 is 8.78 Å². The predicted molar refractivity (Wildman–Crippen MR) is 261 cm³/mol. The molecule has 10 rings (SSSR count). The lowest BCUT2D eigenvalue weighted by molar-refractivity contribution is -0.118. The van der Waals surface area contributed by atoms with Gasteiger partial charge in [0.15, 0.2) is 11.6 Å². The van der Waals surface area contributed by atoms with Crippen molar-refractivity contribution in [1.82, 2.24) is 39.5 Å². The Morgan fingerprint density at radius 2 is 0.956 bits per heavy atom. The zero-order valence-electron chi connectivity index (χ0n) is 38.9. The number of carbonyl (C=O) groups excluding carboxylic acids is 2. The maximum Gasteiger partial charge on any atom is 0.229 e. The molecule has 2 aliphatic carbocycles. The molecule has 4 atom stereocenters. The zero-order chi connectivity index (χ0) is 48.7. The lowest BCUT2D eigenvalue weighted by atomic mass is 9.97. The third-order valence-corrected chi connectivity index (χ3v) is 14.0. The minimum Gasteiger partial charge on any atom is -0.397 e. The second kappa shape index (κ2) is 16.4. The van der Waals surface area contributed by atoms with Gasteiger partial charge in [0.2, 0.25) is 11.8 Å². The van der Waals surface area contributed by atoms with E-state index in [0.29, 0.717) is 77.9 Å². The summed E-state index contributed by atoms with van der Waals surface area (Å²) in [7, 11) is 3.72. The van der Waals surface area contributed by atoms with E-state index in [4.69, 9.17) is 22.9 Å². The van der Waals surface area contributed by atoms with Crippen LogP contribution in [0.2, 0.25) is 0 Å². The number of pyridine rings is 4. The van der Waals surface area contributed by atoms with Crippen LogP contribution in [0.3, 0.4) is 0 Å². The van der Waals surface area contributed by atoms with Gasteiger partial charge >= 0.3 is 0 Å². The molecule has 18 heteroatoms. The van der Waals surface area contributed by atoms with E-state index in [0.717, 1.165) is 11.1 Å². The number of nitrogens with two attached hydrogens (primary N) is 4. The van der Waals surface area contributed by atoms with Crippen LogP contribution in [0.25, 0.3) is 43.8 Å². The minimum absolute atomic E-state index is 0.0142. The minimum atomic E-state index is -0.555. The molecule has 348 valence electrons. The van der Waals surface area contributed by atoms with E-state index in [9.17, 15) is 9.59 Å². The number of carbonyl (C=O) groups is 2. The molecule has 8 aromatic rings. The number of nitrogen functional groups attached to an aromatic ring is 4. The molecule has 0 aliphatic heterocycles. The summed E-state index contributed by atoms with van der Waals surface area (Å²) in [6, 6.07) is 6.77. The molecule has 0 radical (unpaired) electrons. The normalized spacial score (nSPS) is 18.7. The fraction of sp³-hybridized carbons (Fsp3) is 0.280. The summed E-state index contributed by atoms with van der Waals surface area (Å²) in [4.78, 5) is 43.1. The van der Waals surface area contributed by atoms with Gasteiger partial charge in [0.05, 0.1) is 59.4 Å². The molecule has 2 saturated carbocycles. The molecule has 0 saturated heterocycles. The van der Waals surface area contributed by atoms with Gasteiger partial charge in [-0.05, 0) is 82.0 Å². The number of nitrogens with one attached hydrogen (secondary N) is 2. The fourth-order valence-electron chi connectivity index (χ4n) is 9.86. The third-order valence-electron chi connectivity index (χ3n) is 14.0. The van der Waals surface area contributed by atoms with Crippen molar-refractivity contribution in [3.63, 3.8) is 0 Å². The van der Waals surface area contributed by atoms with Crippen LogP contribution in [0.15, 0.2) is 86.2 Å². The van der Waals surface area contributed by atoms with Gasteiger partial charge in [-0.3, -0.25) is 28.9 Å². The summed E-state index contributed by atoms with van der Waals surface area (Å²) < 4.78 is 33.8. The predicted octanol–water partition coefficient (Wildman–Crippen LogP) is 8.04. The van der Waals surface area contributed by atoms with Crippen molar-refractivity contribution >= 4 is 67.7 Å². The number of hydrogen-bond acceptors (Lipinski definition) is 12. The molecule has 2 aliphatic rings. The maximum absolute atomic E-state index is 15.1. The van der Waals surface area contributed by atoms with E-state index in [-0.39, 0.29) is 57.7 Å². The third kappa shape index (κ3) is 7.74. The molecule has 6 heterocycles. The number of aromatic nitrogens is 8. The molecule has 0 unspecified atom stereocenters. The first-order chi connectivity index (χ1) is 32.2. The van der Waals surface area contributed by atoms with Crippen molar-refractivity contribution in [2.24, 2.45) is 36.8 Å². The van der Waals surface area contributed by atoms with Gasteiger partial charge in [0, 0.05) is 96.1 Å². The summed E-state index contributed by atoms with van der Waals surface area (Å²) >= 11 is 0. The average molecular weight is 919 g/mol. The van der Waals surface area contributed by atoms with Crippen molar-refractivity contribution < 1.29 is 18.4 Å². The van der Waals surface area contributed by atoms with Crippen molar-refractivity contribution in [2.75, 3.05) is 33.6 Å². The molecule has 10 N–H and O–H groups in total. The van der Waals surface area contributed by atoms with Crippen molar-refractivity contribution in [3.05, 3.63) is 120 Å². The summed E-state index contributed by atoms with van der Waals surface area (Å²) in [5.74, 6) is -0.828. The molecule has 0 bridgehead atoms. The number of nitrogens with zero attached hydrogens (tertiary/aromatic N) is 8. The van der Waals surface area contributed by atoms with Crippen molar-refractivity contribution in [3.8, 4) is 22.3 Å². The van der Waals surface area contributed by atoms with Crippen LogP contribution in [0.1, 0.15) is 61.8 Å². The highest BCUT2D eigenvalue weighted by Gasteiger charge is 2.63. The Morgan fingerprint density at radius 3 is 1.31 bits per heavy atom. The quantitative estimate of drug-likeness (QED) is 0.0793. The second-order valence-electron chi connectivity index (χ2n) is 19.1. The summed E-state index contributed by atoms with van der Waals surface area (Å²) in [5.41, 5.74) is 29.9. The summed E-state index contributed by atoms with van der Waals surface area (Å²) in [6.07, 6.45) is 16.6. The Kier molecular flexibility index (Phi) is 10.9. The highest BCUT2D eigenvalue weighted by Crippen LogP contribution is 2.65. The van der Waals surface area contributed by atoms with Gasteiger partial charge in [-0.2, -0.15) is 10.2 Å². The van der Waals surface area contributed by atoms with Crippen LogP contribution >= 0.6 is 0 Å². The van der Waals surface area contributed by atoms with Gasteiger partial charge < -0.3 is 33.6 Å². The van der Waals surface area contributed by atoms with Gasteiger partial charge in [0.25, 0.3) is 0 Å². The molecule has 16 nitrogen and oxygen atoms in total. The van der Waals surface area contributed by atoms with E-state index < -0.39 is 11.6 Å². The number of hydrogen-bond donors (Lipinski definition) is 6. The Bertz CT molecular complexity index is 3140. The number of benzene rings is 2. The number of aryl methyl sites for hydroxylation is 2. The first-order valence-electron chi connectivity index (χ1n) is 21.9. The first kappa shape index (κ1) is 45.1. The van der Waals surface area contributed by atoms with Gasteiger partial charge in [-0.1, -0.05) is 27.7 Å². The molecule has 2 fully saturated rings. The number of rotatable bonds is 8. The molecular formula is C50H52F2N14O2. The van der Waals surface area contributed by atoms with Crippen LogP contribution in [0.5, 0.6) is 0 Å². The van der Waals surface area contributed by atoms with Crippen molar-refractivity contribution in [2.45, 2.75) is 53.4 Å². The fourth-order valence-corrected chi connectivity index (χ4v) is 9.86. The van der Waals surface area contributed by atoms with E-state index in [1.54, 1.807) is 72.3 Å². The van der Waals surface area contributed by atoms with Crippen molar-refractivity contribution in [1.29, 1.82) is 0 Å². The highest BCUT2D eigenvalue weighted by atomic mass is 19.1. The summed E-state index contributed by atoms with van der Waals surface area (Å²) in [5, 5.41) is 16.6. The smallest absolute Gasteiger partial charge is 0.229 e. The summed E-state index contributed by atoms with van der Waals surface area (Å²) in [6.45, 7) is 11.9. The maximum atomic E-state index is 15.1. The Labute approximate surface area is 390 Å². The van der Waals surface area contributed by atoms with Crippen LogP contribution < -0.4 is 33.6 Å². The second-order valence-corrected chi connectivity index (χ2v) is 19.1. The van der Waals surface area contributed by atoms with E-state index in [2.05, 4.69) is 68.5 Å². The first-order valence-corrected chi connectivity index (χ1v) is 21.9. The lowest BCUT2D eigenvalue weighted by Crippen LogP contribution is -2.17. The van der Waals surface area contributed by atoms with Crippen LogP contribution in [-0.2, 0) is 23.7 Å². The van der Waals surface area contributed by atoms with Crippen LogP contribution in [0.4, 0.5) is 43.2 Å². The van der Waals surface area contributed by atoms with E-state index in [1.165, 1.54) is 24.8 Å². The highest BCUT2D eigenvalue weighted by molar-refractivity contribution is 6.03. The Balaban J connectivity index is 0.000000170. The lowest BCUT2D eigenvalue weighted by Gasteiger charge is -2.13. The monoisotopic (exact) mass is 918 g/mol. The zero-order valence-corrected chi connectivity index (χ0v) is 38.9. The Hall–Kier alpha value is -8.02. The topological polar surface area (TPSA) is 249 Å². The number of halogens is 2. The van der Waals surface area contributed by atoms with E-state index in [1.807, 2.05) is 26.5 Å². The van der Waals surface area contributed by atoms with Gasteiger partial charge in [0.1, 0.15) is 11.6 Å². The number of anilines is 6. The molecule has 0 spiro atoms. The van der Waals surface area contributed by atoms with Crippen LogP contribution in [-0.4, -0.2) is 51.3 Å². The average Bonchev–Trinajstić information content (AvgIpc) is 3.79. The largest absolute Gasteiger partial charge is 0.397 e.